The third kappa shape index (κ3) is 3.53. The van der Waals surface area contributed by atoms with E-state index in [-0.39, 0.29) is 0 Å². The summed E-state index contributed by atoms with van der Waals surface area (Å²) >= 11 is 7.92. The van der Waals surface area contributed by atoms with Crippen LogP contribution < -0.4 is 5.32 Å². The predicted octanol–water partition coefficient (Wildman–Crippen LogP) is 3.22. The van der Waals surface area contributed by atoms with Crippen LogP contribution in [0.2, 0.25) is 5.02 Å². The Kier molecular flexibility index (Phi) is 4.66. The molecule has 0 aliphatic rings. The van der Waals surface area contributed by atoms with E-state index in [2.05, 4.69) is 27.9 Å². The van der Waals surface area contributed by atoms with Gasteiger partial charge in [-0.15, -0.1) is 0 Å². The minimum absolute atomic E-state index is 0.536. The average molecular weight is 340 g/mol. The molecule has 5 heteroatoms. The lowest BCUT2D eigenvalue weighted by atomic mass is 10.2. The highest BCUT2D eigenvalue weighted by Crippen LogP contribution is 2.23. The van der Waals surface area contributed by atoms with Gasteiger partial charge in [0.05, 0.1) is 0 Å². The highest BCUT2D eigenvalue weighted by atomic mass is 127. The number of carboxylic acids is 1. The summed E-state index contributed by atoms with van der Waals surface area (Å²) in [6.07, 6.45) is 0.536. The molecule has 1 aromatic rings. The summed E-state index contributed by atoms with van der Waals surface area (Å²) in [5.74, 6) is -0.844. The Morgan fingerprint density at radius 1 is 1.67 bits per heavy atom. The molecule has 0 amide bonds. The van der Waals surface area contributed by atoms with Crippen LogP contribution in [0.25, 0.3) is 0 Å². The van der Waals surface area contributed by atoms with Gasteiger partial charge in [0.2, 0.25) is 0 Å². The fraction of sp³-hybridized carbons (Fsp3) is 0.300. The smallest absolute Gasteiger partial charge is 0.326 e. The van der Waals surface area contributed by atoms with Crippen LogP contribution in [0.4, 0.5) is 5.69 Å². The molecule has 0 saturated heterocycles. The van der Waals surface area contributed by atoms with Crippen LogP contribution >= 0.6 is 34.2 Å². The molecule has 0 aliphatic carbocycles. The molecule has 1 rings (SSSR count). The van der Waals surface area contributed by atoms with Gasteiger partial charge in [0.1, 0.15) is 6.04 Å². The minimum Gasteiger partial charge on any atom is -0.480 e. The molecule has 0 spiro atoms. The first-order chi connectivity index (χ1) is 7.04. The first kappa shape index (κ1) is 12.6. The summed E-state index contributed by atoms with van der Waals surface area (Å²) in [7, 11) is 0. The predicted molar refractivity (Wildman–Crippen MR) is 69.5 cm³/mol. The largest absolute Gasteiger partial charge is 0.480 e. The molecule has 0 aliphatic heterocycles. The highest BCUT2D eigenvalue weighted by molar-refractivity contribution is 14.1. The van der Waals surface area contributed by atoms with Crippen molar-refractivity contribution in [2.75, 3.05) is 5.32 Å². The van der Waals surface area contributed by atoms with Crippen molar-refractivity contribution in [2.45, 2.75) is 19.4 Å². The molecule has 82 valence electrons. The summed E-state index contributed by atoms with van der Waals surface area (Å²) in [4.78, 5) is 10.8. The topological polar surface area (TPSA) is 49.3 Å². The molecular weight excluding hydrogens is 328 g/mol. The zero-order chi connectivity index (χ0) is 11.4. The molecule has 15 heavy (non-hydrogen) atoms. The van der Waals surface area contributed by atoms with Crippen molar-refractivity contribution in [3.8, 4) is 0 Å². The number of halogens is 2. The van der Waals surface area contributed by atoms with E-state index in [1.807, 2.05) is 6.92 Å². The first-order valence-electron chi connectivity index (χ1n) is 4.49. The van der Waals surface area contributed by atoms with E-state index in [1.165, 1.54) is 0 Å². The van der Waals surface area contributed by atoms with Crippen molar-refractivity contribution in [1.29, 1.82) is 0 Å². The Morgan fingerprint density at radius 2 is 2.33 bits per heavy atom. The third-order valence-electron chi connectivity index (χ3n) is 1.97. The summed E-state index contributed by atoms with van der Waals surface area (Å²) in [6, 6.07) is 4.76. The molecule has 0 aromatic heterocycles. The Labute approximate surface area is 107 Å². The van der Waals surface area contributed by atoms with Crippen LogP contribution in [-0.2, 0) is 4.79 Å². The maximum absolute atomic E-state index is 10.8. The van der Waals surface area contributed by atoms with Crippen molar-refractivity contribution in [1.82, 2.24) is 0 Å². The maximum Gasteiger partial charge on any atom is 0.326 e. The number of rotatable bonds is 4. The molecular formula is C10H11ClINO2. The average Bonchev–Trinajstić information content (AvgIpc) is 2.16. The van der Waals surface area contributed by atoms with Gasteiger partial charge in [0.15, 0.2) is 0 Å². The van der Waals surface area contributed by atoms with Crippen LogP contribution in [0.5, 0.6) is 0 Å². The molecule has 0 radical (unpaired) electrons. The number of hydrogen-bond donors (Lipinski definition) is 2. The van der Waals surface area contributed by atoms with Gasteiger partial charge in [-0.05, 0) is 47.2 Å². The quantitative estimate of drug-likeness (QED) is 0.828. The van der Waals surface area contributed by atoms with Crippen LogP contribution in [0.15, 0.2) is 18.2 Å². The van der Waals surface area contributed by atoms with Gasteiger partial charge in [-0.25, -0.2) is 4.79 Å². The maximum atomic E-state index is 10.8. The van der Waals surface area contributed by atoms with Gasteiger partial charge in [-0.3, -0.25) is 0 Å². The number of carboxylic acid groups (broad SMARTS) is 1. The Balaban J connectivity index is 2.84. The lowest BCUT2D eigenvalue weighted by Gasteiger charge is -2.15. The van der Waals surface area contributed by atoms with Gasteiger partial charge >= 0.3 is 5.97 Å². The second-order valence-electron chi connectivity index (χ2n) is 3.07. The Morgan fingerprint density at radius 3 is 2.80 bits per heavy atom. The summed E-state index contributed by atoms with van der Waals surface area (Å²) in [5, 5.41) is 12.5. The fourth-order valence-corrected chi connectivity index (χ4v) is 2.16. The van der Waals surface area contributed by atoms with Crippen LogP contribution in [0, 0.1) is 3.57 Å². The Hall–Kier alpha value is -0.490. The molecule has 2 N–H and O–H groups in total. The number of benzene rings is 1. The van der Waals surface area contributed by atoms with Crippen LogP contribution in [0.3, 0.4) is 0 Å². The van der Waals surface area contributed by atoms with Crippen molar-refractivity contribution in [2.24, 2.45) is 0 Å². The summed E-state index contributed by atoms with van der Waals surface area (Å²) in [6.45, 7) is 1.83. The monoisotopic (exact) mass is 339 g/mol. The summed E-state index contributed by atoms with van der Waals surface area (Å²) in [5.41, 5.74) is 0.800. The van der Waals surface area contributed by atoms with E-state index < -0.39 is 12.0 Å². The second-order valence-corrected chi connectivity index (χ2v) is 4.67. The first-order valence-corrected chi connectivity index (χ1v) is 5.94. The van der Waals surface area contributed by atoms with E-state index >= 15 is 0 Å². The van der Waals surface area contributed by atoms with Crippen molar-refractivity contribution in [3.05, 3.63) is 26.8 Å². The number of aliphatic carboxylic acids is 1. The van der Waals surface area contributed by atoms with Crippen LogP contribution in [-0.4, -0.2) is 17.1 Å². The zero-order valence-electron chi connectivity index (χ0n) is 8.13. The number of carbonyl (C=O) groups is 1. The standard InChI is InChI=1S/C10H11ClINO2/c1-2-8(10(14)15)13-9-4-3-6(11)5-7(9)12/h3-5,8,13H,2H2,1H3,(H,14,15). The van der Waals surface area contributed by atoms with Gasteiger partial charge in [-0.2, -0.15) is 0 Å². The third-order valence-corrected chi connectivity index (χ3v) is 3.09. The minimum atomic E-state index is -0.844. The number of anilines is 1. The number of nitrogens with one attached hydrogen (secondary N) is 1. The van der Waals surface area contributed by atoms with Crippen molar-refractivity contribution >= 4 is 45.8 Å². The van der Waals surface area contributed by atoms with E-state index in [0.717, 1.165) is 9.26 Å². The lowest BCUT2D eigenvalue weighted by Crippen LogP contribution is -2.28. The van der Waals surface area contributed by atoms with Gasteiger partial charge in [0.25, 0.3) is 0 Å². The van der Waals surface area contributed by atoms with E-state index in [0.29, 0.717) is 11.4 Å². The molecule has 0 bridgehead atoms. The molecule has 1 atom stereocenters. The van der Waals surface area contributed by atoms with Crippen LogP contribution in [0.1, 0.15) is 13.3 Å². The fourth-order valence-electron chi connectivity index (χ4n) is 1.13. The molecule has 0 saturated carbocycles. The molecule has 3 nitrogen and oxygen atoms in total. The van der Waals surface area contributed by atoms with Gasteiger partial charge in [0, 0.05) is 14.3 Å². The van der Waals surface area contributed by atoms with Crippen molar-refractivity contribution < 1.29 is 9.90 Å². The SMILES string of the molecule is CCC(Nc1ccc(Cl)cc1I)C(=O)O. The molecule has 1 unspecified atom stereocenters. The van der Waals surface area contributed by atoms with Gasteiger partial charge in [-0.1, -0.05) is 18.5 Å². The number of hydrogen-bond acceptors (Lipinski definition) is 2. The normalized spacial score (nSPS) is 12.2. The highest BCUT2D eigenvalue weighted by Gasteiger charge is 2.15. The van der Waals surface area contributed by atoms with Crippen molar-refractivity contribution in [3.63, 3.8) is 0 Å². The molecule has 1 aromatic carbocycles. The lowest BCUT2D eigenvalue weighted by molar-refractivity contribution is -0.137. The van der Waals surface area contributed by atoms with E-state index in [1.54, 1.807) is 18.2 Å². The summed E-state index contributed by atoms with van der Waals surface area (Å²) < 4.78 is 0.916. The van der Waals surface area contributed by atoms with E-state index in [9.17, 15) is 4.79 Å². The van der Waals surface area contributed by atoms with E-state index in [4.69, 9.17) is 16.7 Å². The molecule has 0 heterocycles. The zero-order valence-corrected chi connectivity index (χ0v) is 11.0. The molecule has 0 fully saturated rings. The van der Waals surface area contributed by atoms with Gasteiger partial charge < -0.3 is 10.4 Å². The Bertz CT molecular complexity index is 370. The second kappa shape index (κ2) is 5.55.